The van der Waals surface area contributed by atoms with E-state index < -0.39 is 0 Å². The summed E-state index contributed by atoms with van der Waals surface area (Å²) in [4.78, 5) is 18.3. The Hall–Kier alpha value is -2.16. The van der Waals surface area contributed by atoms with Gasteiger partial charge in [-0.05, 0) is 0 Å². The Morgan fingerprint density at radius 1 is 0.950 bits per heavy atom. The first-order chi connectivity index (χ1) is 9.75. The molecule has 0 fully saturated rings. The van der Waals surface area contributed by atoms with Crippen molar-refractivity contribution in [3.63, 3.8) is 0 Å². The molecule has 1 amide bonds. The quantitative estimate of drug-likeness (QED) is 0.617. The molecule has 20 heavy (non-hydrogen) atoms. The first kappa shape index (κ1) is 12.9. The fourth-order valence-corrected chi connectivity index (χ4v) is 2.61. The van der Waals surface area contributed by atoms with E-state index in [1.807, 2.05) is 60.7 Å². The third kappa shape index (κ3) is 2.44. The molecule has 1 aliphatic rings. The third-order valence-electron chi connectivity index (χ3n) is 2.95. The van der Waals surface area contributed by atoms with Crippen LogP contribution in [0.25, 0.3) is 6.08 Å². The maximum atomic E-state index is 12.4. The molecule has 0 saturated carbocycles. The zero-order valence-electron chi connectivity index (χ0n) is 10.6. The van der Waals surface area contributed by atoms with Crippen LogP contribution in [0.2, 0.25) is 0 Å². The van der Waals surface area contributed by atoms with Crippen LogP contribution in [-0.4, -0.2) is 26.7 Å². The van der Waals surface area contributed by atoms with Gasteiger partial charge in [0.15, 0.2) is 0 Å². The van der Waals surface area contributed by atoms with Crippen LogP contribution in [0.15, 0.2) is 71.4 Å². The Bertz CT molecular complexity index is 693. The number of carbonyl (C=O) groups is 1. The SMILES string of the molecule is O=C1/C(=C/c2ccccc2)N=C([Se])N1c1ccccc1. The minimum absolute atomic E-state index is 0.117. The van der Waals surface area contributed by atoms with Gasteiger partial charge >= 0.3 is 125 Å². The van der Waals surface area contributed by atoms with Gasteiger partial charge in [0.2, 0.25) is 0 Å². The monoisotopic (exact) mass is 327 g/mol. The number of rotatable bonds is 2. The molecule has 2 aromatic rings. The van der Waals surface area contributed by atoms with Crippen molar-refractivity contribution >= 4 is 38.4 Å². The molecule has 3 rings (SSSR count). The van der Waals surface area contributed by atoms with Crippen LogP contribution in [0, 0.1) is 0 Å². The maximum absolute atomic E-state index is 12.4. The molecule has 3 nitrogen and oxygen atoms in total. The summed E-state index contributed by atoms with van der Waals surface area (Å²) in [6.45, 7) is 0. The summed E-state index contributed by atoms with van der Waals surface area (Å²) in [6.07, 6.45) is 1.79. The molecule has 0 N–H and O–H groups in total. The number of aliphatic imine (C=N–C) groups is 1. The predicted octanol–water partition coefficient (Wildman–Crippen LogP) is 2.60. The van der Waals surface area contributed by atoms with Crippen molar-refractivity contribution in [2.75, 3.05) is 4.90 Å². The Balaban J connectivity index is 1.95. The van der Waals surface area contributed by atoms with Gasteiger partial charge < -0.3 is 0 Å². The fourth-order valence-electron chi connectivity index (χ4n) is 2.01. The molecule has 97 valence electrons. The van der Waals surface area contributed by atoms with Gasteiger partial charge in [-0.1, -0.05) is 0 Å². The summed E-state index contributed by atoms with van der Waals surface area (Å²) in [5, 5.41) is 0. The molecule has 0 unspecified atom stereocenters. The van der Waals surface area contributed by atoms with E-state index in [1.54, 1.807) is 11.0 Å². The Morgan fingerprint density at radius 3 is 2.20 bits per heavy atom. The third-order valence-corrected chi connectivity index (χ3v) is 3.52. The molecule has 2 aromatic carbocycles. The van der Waals surface area contributed by atoms with Gasteiger partial charge in [-0.2, -0.15) is 0 Å². The molecule has 4 heteroatoms. The van der Waals surface area contributed by atoms with Crippen LogP contribution in [0.5, 0.6) is 0 Å². The van der Waals surface area contributed by atoms with Gasteiger partial charge in [0, 0.05) is 0 Å². The predicted molar refractivity (Wildman–Crippen MR) is 81.5 cm³/mol. The number of hydrogen-bond acceptors (Lipinski definition) is 2. The number of benzene rings is 2. The Kier molecular flexibility index (Phi) is 3.50. The molecule has 1 aliphatic heterocycles. The van der Waals surface area contributed by atoms with Crippen molar-refractivity contribution < 1.29 is 4.79 Å². The van der Waals surface area contributed by atoms with Crippen molar-refractivity contribution in [2.24, 2.45) is 4.99 Å². The fraction of sp³-hybridized carbons (Fsp3) is 0. The number of carbonyl (C=O) groups excluding carboxylic acids is 1. The number of amides is 1. The summed E-state index contributed by atoms with van der Waals surface area (Å²) >= 11 is 2.85. The average molecular weight is 326 g/mol. The topological polar surface area (TPSA) is 32.7 Å². The van der Waals surface area contributed by atoms with Crippen LogP contribution >= 0.6 is 0 Å². The standard InChI is InChI=1S/C16H11N2OSe/c19-15-14(11-12-7-3-1-4-8-12)17-16(20)18(15)13-9-5-2-6-10-13/h1-11H/b14-11-. The van der Waals surface area contributed by atoms with E-state index in [9.17, 15) is 4.79 Å². The van der Waals surface area contributed by atoms with E-state index in [-0.39, 0.29) is 5.91 Å². The van der Waals surface area contributed by atoms with E-state index >= 15 is 0 Å². The van der Waals surface area contributed by atoms with E-state index in [1.165, 1.54) is 0 Å². The second-order valence-electron chi connectivity index (χ2n) is 4.31. The number of nitrogens with zero attached hydrogens (tertiary/aromatic N) is 2. The van der Waals surface area contributed by atoms with Gasteiger partial charge in [0.05, 0.1) is 0 Å². The van der Waals surface area contributed by atoms with Gasteiger partial charge in [-0.15, -0.1) is 0 Å². The van der Waals surface area contributed by atoms with Gasteiger partial charge in [0.1, 0.15) is 0 Å². The molecule has 0 aromatic heterocycles. The van der Waals surface area contributed by atoms with Crippen molar-refractivity contribution in [1.82, 2.24) is 0 Å². The zero-order valence-corrected chi connectivity index (χ0v) is 12.3. The van der Waals surface area contributed by atoms with Crippen molar-refractivity contribution in [1.29, 1.82) is 0 Å². The van der Waals surface area contributed by atoms with Crippen LogP contribution in [0.1, 0.15) is 5.56 Å². The Labute approximate surface area is 125 Å². The Morgan fingerprint density at radius 2 is 1.55 bits per heavy atom. The van der Waals surface area contributed by atoms with Gasteiger partial charge in [-0.25, -0.2) is 0 Å². The second kappa shape index (κ2) is 5.45. The van der Waals surface area contributed by atoms with Crippen LogP contribution < -0.4 is 4.90 Å². The van der Waals surface area contributed by atoms with Crippen molar-refractivity contribution in [2.45, 2.75) is 0 Å². The van der Waals surface area contributed by atoms with Crippen molar-refractivity contribution in [3.8, 4) is 0 Å². The van der Waals surface area contributed by atoms with Crippen LogP contribution in [0.3, 0.4) is 0 Å². The first-order valence-electron chi connectivity index (χ1n) is 6.17. The molecule has 0 saturated heterocycles. The number of hydrogen-bond donors (Lipinski definition) is 0. The average Bonchev–Trinajstić information content (AvgIpc) is 2.75. The summed E-state index contributed by atoms with van der Waals surface area (Å²) < 4.78 is 0.573. The molecule has 0 atom stereocenters. The summed E-state index contributed by atoms with van der Waals surface area (Å²) in [5.74, 6) is -0.117. The first-order valence-corrected chi connectivity index (χ1v) is 7.03. The van der Waals surface area contributed by atoms with Gasteiger partial charge in [0.25, 0.3) is 0 Å². The van der Waals surface area contributed by atoms with E-state index in [0.29, 0.717) is 10.4 Å². The minimum atomic E-state index is -0.117. The van der Waals surface area contributed by atoms with E-state index in [2.05, 4.69) is 21.0 Å². The van der Waals surface area contributed by atoms with Crippen LogP contribution in [-0.2, 0) is 4.79 Å². The molecular formula is C16H11N2OSe. The normalized spacial score (nSPS) is 16.6. The van der Waals surface area contributed by atoms with Crippen molar-refractivity contribution in [3.05, 3.63) is 71.9 Å². The summed E-state index contributed by atoms with van der Waals surface area (Å²) in [5.41, 5.74) is 2.21. The molecular weight excluding hydrogens is 315 g/mol. The molecule has 1 heterocycles. The van der Waals surface area contributed by atoms with Crippen LogP contribution in [0.4, 0.5) is 5.69 Å². The number of anilines is 1. The zero-order chi connectivity index (χ0) is 13.9. The summed E-state index contributed by atoms with van der Waals surface area (Å²) in [6, 6.07) is 19.2. The molecule has 0 bridgehead atoms. The van der Waals surface area contributed by atoms with E-state index in [4.69, 9.17) is 0 Å². The summed E-state index contributed by atoms with van der Waals surface area (Å²) in [7, 11) is 0. The molecule has 0 spiro atoms. The number of para-hydroxylation sites is 1. The second-order valence-corrected chi connectivity index (χ2v) is 5.08. The van der Waals surface area contributed by atoms with Gasteiger partial charge in [-0.3, -0.25) is 0 Å². The molecule has 1 radical (unpaired) electrons. The molecule has 0 aliphatic carbocycles. The number of amidine groups is 1. The van der Waals surface area contributed by atoms with E-state index in [0.717, 1.165) is 11.3 Å².